The van der Waals surface area contributed by atoms with Crippen molar-refractivity contribution >= 4 is 38.3 Å². The molecule has 134 valence electrons. The summed E-state index contributed by atoms with van der Waals surface area (Å²) in [6, 6.07) is 21.0. The van der Waals surface area contributed by atoms with Gasteiger partial charge < -0.3 is 10.2 Å². The van der Waals surface area contributed by atoms with E-state index in [4.69, 9.17) is 4.98 Å². The molecule has 0 spiro atoms. The molecule has 1 aromatic heterocycles. The SMILES string of the molecule is Brc1ccc2nc(NCCN3CCN(c4ccccc4)CC3)ccc2c1. The van der Waals surface area contributed by atoms with Gasteiger partial charge in [0.2, 0.25) is 0 Å². The van der Waals surface area contributed by atoms with Crippen molar-refractivity contribution in [3.8, 4) is 0 Å². The largest absolute Gasteiger partial charge is 0.369 e. The molecule has 1 N–H and O–H groups in total. The molecule has 0 atom stereocenters. The third-order valence-electron chi connectivity index (χ3n) is 4.88. The lowest BCUT2D eigenvalue weighted by atomic mass is 10.2. The number of pyridine rings is 1. The number of nitrogens with one attached hydrogen (secondary N) is 1. The van der Waals surface area contributed by atoms with Crippen LogP contribution in [0.2, 0.25) is 0 Å². The molecular formula is C21H23BrN4. The predicted octanol–water partition coefficient (Wildman–Crippen LogP) is 4.23. The van der Waals surface area contributed by atoms with Crippen molar-refractivity contribution in [1.82, 2.24) is 9.88 Å². The number of halogens is 1. The third kappa shape index (κ3) is 4.17. The molecule has 4 nitrogen and oxygen atoms in total. The molecule has 1 saturated heterocycles. The lowest BCUT2D eigenvalue weighted by Crippen LogP contribution is -2.47. The van der Waals surface area contributed by atoms with Gasteiger partial charge >= 0.3 is 0 Å². The Morgan fingerprint density at radius 1 is 0.923 bits per heavy atom. The summed E-state index contributed by atoms with van der Waals surface area (Å²) in [7, 11) is 0. The van der Waals surface area contributed by atoms with Crippen molar-refractivity contribution < 1.29 is 0 Å². The van der Waals surface area contributed by atoms with Crippen LogP contribution >= 0.6 is 15.9 Å². The first-order valence-corrected chi connectivity index (χ1v) is 9.90. The van der Waals surface area contributed by atoms with Crippen LogP contribution in [0.3, 0.4) is 0 Å². The standard InChI is InChI=1S/C21H23BrN4/c22-18-7-8-20-17(16-18)6-9-21(24-20)23-10-11-25-12-14-26(15-13-25)19-4-2-1-3-5-19/h1-9,16H,10-15H2,(H,23,24). The molecule has 0 aliphatic carbocycles. The van der Waals surface area contributed by atoms with E-state index in [1.54, 1.807) is 0 Å². The van der Waals surface area contributed by atoms with Crippen LogP contribution in [0.1, 0.15) is 0 Å². The van der Waals surface area contributed by atoms with Crippen molar-refractivity contribution in [3.63, 3.8) is 0 Å². The van der Waals surface area contributed by atoms with E-state index >= 15 is 0 Å². The zero-order valence-corrected chi connectivity index (χ0v) is 16.3. The molecule has 0 amide bonds. The van der Waals surface area contributed by atoms with Gasteiger partial charge in [0.05, 0.1) is 5.52 Å². The summed E-state index contributed by atoms with van der Waals surface area (Å²) in [4.78, 5) is 9.68. The molecule has 0 radical (unpaired) electrons. The Hall–Kier alpha value is -2.11. The molecule has 1 aliphatic rings. The summed E-state index contributed by atoms with van der Waals surface area (Å²) in [5.41, 5.74) is 2.35. The highest BCUT2D eigenvalue weighted by Gasteiger charge is 2.16. The minimum atomic E-state index is 0.917. The second-order valence-electron chi connectivity index (χ2n) is 6.62. The summed E-state index contributed by atoms with van der Waals surface area (Å²) in [5.74, 6) is 0.947. The smallest absolute Gasteiger partial charge is 0.126 e. The first kappa shape index (κ1) is 17.3. The number of benzene rings is 2. The molecule has 0 unspecified atom stereocenters. The monoisotopic (exact) mass is 410 g/mol. The maximum absolute atomic E-state index is 4.69. The Morgan fingerprint density at radius 2 is 1.73 bits per heavy atom. The zero-order chi connectivity index (χ0) is 17.8. The number of hydrogen-bond acceptors (Lipinski definition) is 4. The van der Waals surface area contributed by atoms with Crippen LogP contribution in [0.5, 0.6) is 0 Å². The summed E-state index contributed by atoms with van der Waals surface area (Å²) in [5, 5.41) is 4.62. The van der Waals surface area contributed by atoms with Crippen LogP contribution in [0.15, 0.2) is 65.1 Å². The van der Waals surface area contributed by atoms with Crippen LogP contribution in [0.4, 0.5) is 11.5 Å². The molecule has 0 bridgehead atoms. The summed E-state index contributed by atoms with van der Waals surface area (Å²) in [6.07, 6.45) is 0. The topological polar surface area (TPSA) is 31.4 Å². The number of anilines is 2. The minimum Gasteiger partial charge on any atom is -0.369 e. The first-order chi connectivity index (χ1) is 12.8. The lowest BCUT2D eigenvalue weighted by Gasteiger charge is -2.36. The quantitative estimate of drug-likeness (QED) is 0.681. The van der Waals surface area contributed by atoms with Gasteiger partial charge in [-0.3, -0.25) is 4.90 Å². The Balaban J connectivity index is 1.26. The average Bonchev–Trinajstić information content (AvgIpc) is 2.69. The fourth-order valence-electron chi connectivity index (χ4n) is 3.41. The van der Waals surface area contributed by atoms with Crippen LogP contribution < -0.4 is 10.2 Å². The summed E-state index contributed by atoms with van der Waals surface area (Å²) in [6.45, 7) is 6.36. The zero-order valence-electron chi connectivity index (χ0n) is 14.7. The summed E-state index contributed by atoms with van der Waals surface area (Å²) < 4.78 is 1.09. The van der Waals surface area contributed by atoms with Crippen molar-refractivity contribution in [3.05, 3.63) is 65.1 Å². The van der Waals surface area contributed by atoms with Crippen LogP contribution in [-0.4, -0.2) is 49.2 Å². The first-order valence-electron chi connectivity index (χ1n) is 9.10. The van der Waals surface area contributed by atoms with Gasteiger partial charge in [-0.25, -0.2) is 4.98 Å². The molecule has 2 aromatic carbocycles. The molecule has 2 heterocycles. The number of piperazine rings is 1. The molecular weight excluding hydrogens is 388 g/mol. The van der Waals surface area contributed by atoms with Gasteiger partial charge in [0, 0.05) is 54.8 Å². The van der Waals surface area contributed by atoms with E-state index in [2.05, 4.69) is 79.6 Å². The van der Waals surface area contributed by atoms with Gasteiger partial charge in [0.15, 0.2) is 0 Å². The van der Waals surface area contributed by atoms with E-state index in [-0.39, 0.29) is 0 Å². The van der Waals surface area contributed by atoms with Gasteiger partial charge in [-0.15, -0.1) is 0 Å². The molecule has 26 heavy (non-hydrogen) atoms. The highest BCUT2D eigenvalue weighted by atomic mass is 79.9. The maximum atomic E-state index is 4.69. The Labute approximate surface area is 163 Å². The second-order valence-corrected chi connectivity index (χ2v) is 7.54. The maximum Gasteiger partial charge on any atom is 0.126 e. The van der Waals surface area contributed by atoms with Crippen LogP contribution in [0.25, 0.3) is 10.9 Å². The van der Waals surface area contributed by atoms with Gasteiger partial charge in [-0.1, -0.05) is 34.1 Å². The number of para-hydroxylation sites is 1. The van der Waals surface area contributed by atoms with Crippen molar-refractivity contribution in [2.75, 3.05) is 49.5 Å². The number of hydrogen-bond donors (Lipinski definition) is 1. The van der Waals surface area contributed by atoms with Crippen LogP contribution in [0, 0.1) is 0 Å². The van der Waals surface area contributed by atoms with Crippen molar-refractivity contribution in [2.24, 2.45) is 0 Å². The Morgan fingerprint density at radius 3 is 2.54 bits per heavy atom. The highest BCUT2D eigenvalue weighted by Crippen LogP contribution is 2.20. The van der Waals surface area contributed by atoms with Crippen molar-refractivity contribution in [1.29, 1.82) is 0 Å². The van der Waals surface area contributed by atoms with Gasteiger partial charge in [-0.2, -0.15) is 0 Å². The van der Waals surface area contributed by atoms with E-state index in [0.29, 0.717) is 0 Å². The molecule has 1 fully saturated rings. The molecule has 0 saturated carbocycles. The number of fused-ring (bicyclic) bond motifs is 1. The van der Waals surface area contributed by atoms with E-state index in [0.717, 1.165) is 60.5 Å². The summed E-state index contributed by atoms with van der Waals surface area (Å²) >= 11 is 3.50. The van der Waals surface area contributed by atoms with E-state index in [1.165, 1.54) is 5.69 Å². The molecule has 3 aromatic rings. The van der Waals surface area contributed by atoms with Gasteiger partial charge in [0.25, 0.3) is 0 Å². The normalized spacial score (nSPS) is 15.3. The molecule has 1 aliphatic heterocycles. The fraction of sp³-hybridized carbons (Fsp3) is 0.286. The van der Waals surface area contributed by atoms with Gasteiger partial charge in [0.1, 0.15) is 5.82 Å². The van der Waals surface area contributed by atoms with Gasteiger partial charge in [-0.05, 0) is 42.5 Å². The number of nitrogens with zero attached hydrogens (tertiary/aromatic N) is 3. The third-order valence-corrected chi connectivity index (χ3v) is 5.37. The van der Waals surface area contributed by atoms with E-state index in [9.17, 15) is 0 Å². The molecule has 5 heteroatoms. The Kier molecular flexibility index (Phi) is 5.37. The predicted molar refractivity (Wildman–Crippen MR) is 113 cm³/mol. The highest BCUT2D eigenvalue weighted by molar-refractivity contribution is 9.10. The number of aromatic nitrogens is 1. The minimum absolute atomic E-state index is 0.917. The van der Waals surface area contributed by atoms with Crippen LogP contribution in [-0.2, 0) is 0 Å². The Bertz CT molecular complexity index is 860. The second kappa shape index (κ2) is 8.06. The number of rotatable bonds is 5. The van der Waals surface area contributed by atoms with Crippen molar-refractivity contribution in [2.45, 2.75) is 0 Å². The lowest BCUT2D eigenvalue weighted by molar-refractivity contribution is 0.267. The molecule has 4 rings (SSSR count). The van der Waals surface area contributed by atoms with E-state index < -0.39 is 0 Å². The van der Waals surface area contributed by atoms with E-state index in [1.807, 2.05) is 12.1 Å². The average molecular weight is 411 g/mol. The fourth-order valence-corrected chi connectivity index (χ4v) is 3.78.